The Hall–Kier alpha value is -1.68. The van der Waals surface area contributed by atoms with Crippen LogP contribution in [-0.2, 0) is 0 Å². The number of nitrogens with zero attached hydrogens (tertiary/aromatic N) is 3. The van der Waals surface area contributed by atoms with E-state index in [1.54, 1.807) is 11.3 Å². The average Bonchev–Trinajstić information content (AvgIpc) is 2.91. The van der Waals surface area contributed by atoms with Crippen LogP contribution in [0.2, 0.25) is 0 Å². The molecule has 0 bridgehead atoms. The fourth-order valence-corrected chi connectivity index (χ4v) is 3.84. The van der Waals surface area contributed by atoms with E-state index >= 15 is 0 Å². The number of hydrogen-bond donors (Lipinski definition) is 0. The first kappa shape index (κ1) is 15.2. The second-order valence-electron chi connectivity index (χ2n) is 5.92. The lowest BCUT2D eigenvalue weighted by Gasteiger charge is -2.19. The molecule has 0 spiro atoms. The summed E-state index contributed by atoms with van der Waals surface area (Å²) in [6, 6.07) is 10.5. The van der Waals surface area contributed by atoms with Crippen molar-refractivity contribution in [3.63, 3.8) is 0 Å². The molecule has 1 fully saturated rings. The molecule has 1 aliphatic rings. The lowest BCUT2D eigenvalue weighted by Crippen LogP contribution is -2.18. The maximum atomic E-state index is 4.97. The predicted octanol–water partition coefficient (Wildman–Crippen LogP) is 4.55. The normalized spacial score (nSPS) is 21.5. The second kappa shape index (κ2) is 7.05. The minimum Gasteiger partial charge on any atom is -0.258 e. The van der Waals surface area contributed by atoms with Crippen molar-refractivity contribution in [3.8, 4) is 11.3 Å². The zero-order valence-electron chi connectivity index (χ0n) is 13.3. The molecule has 1 saturated carbocycles. The first-order chi connectivity index (χ1) is 10.8. The average molecular weight is 313 g/mol. The predicted molar refractivity (Wildman–Crippen MR) is 94.3 cm³/mol. The first-order valence-electron chi connectivity index (χ1n) is 8.11. The molecule has 0 N–H and O–H groups in total. The Balaban J connectivity index is 2.06. The van der Waals surface area contributed by atoms with E-state index in [9.17, 15) is 0 Å². The number of aromatic nitrogens is 1. The van der Waals surface area contributed by atoms with Crippen LogP contribution in [0.3, 0.4) is 0 Å². The van der Waals surface area contributed by atoms with Gasteiger partial charge in [0.2, 0.25) is 4.80 Å². The molecular weight excluding hydrogens is 290 g/mol. The van der Waals surface area contributed by atoms with Gasteiger partial charge in [0.05, 0.1) is 5.69 Å². The quantitative estimate of drug-likeness (QED) is 0.795. The van der Waals surface area contributed by atoms with Crippen LogP contribution < -0.4 is 4.80 Å². The molecule has 1 aromatic heterocycles. The molecule has 22 heavy (non-hydrogen) atoms. The summed E-state index contributed by atoms with van der Waals surface area (Å²) in [4.78, 5) is 5.60. The third-order valence-corrected chi connectivity index (χ3v) is 4.89. The van der Waals surface area contributed by atoms with Gasteiger partial charge in [-0.1, -0.05) is 37.3 Å². The molecule has 3 rings (SSSR count). The summed E-state index contributed by atoms with van der Waals surface area (Å²) in [6.45, 7) is 5.18. The van der Waals surface area contributed by atoms with Crippen LogP contribution in [0.4, 0.5) is 0 Å². The van der Waals surface area contributed by atoms with Crippen molar-refractivity contribution >= 4 is 17.0 Å². The standard InChI is InChI=1S/C18H23N3S/c1-3-19-18-21(20-16-11-7-8-14(2)12-16)17(13-22-18)15-9-5-4-6-10-15/h4-6,9-10,13-14H,3,7-8,11-12H2,1-2H3. The molecule has 0 amide bonds. The van der Waals surface area contributed by atoms with Gasteiger partial charge in [-0.05, 0) is 38.5 Å². The van der Waals surface area contributed by atoms with Crippen LogP contribution in [0, 0.1) is 5.92 Å². The SMILES string of the molecule is CCN=c1scc(-c2ccccc2)n1N=C1CCCC(C)C1. The Morgan fingerprint density at radius 2 is 2.09 bits per heavy atom. The van der Waals surface area contributed by atoms with Crippen molar-refractivity contribution in [2.45, 2.75) is 39.5 Å². The second-order valence-corrected chi connectivity index (χ2v) is 6.76. The highest BCUT2D eigenvalue weighted by atomic mass is 32.1. The van der Waals surface area contributed by atoms with Crippen molar-refractivity contribution in [2.75, 3.05) is 6.54 Å². The Labute approximate surface area is 136 Å². The zero-order chi connectivity index (χ0) is 15.4. The van der Waals surface area contributed by atoms with Crippen molar-refractivity contribution < 1.29 is 0 Å². The fourth-order valence-electron chi connectivity index (χ4n) is 2.94. The van der Waals surface area contributed by atoms with Gasteiger partial charge in [-0.3, -0.25) is 4.99 Å². The van der Waals surface area contributed by atoms with E-state index in [-0.39, 0.29) is 0 Å². The number of rotatable bonds is 3. The van der Waals surface area contributed by atoms with E-state index in [2.05, 4.69) is 53.2 Å². The number of benzene rings is 1. The van der Waals surface area contributed by atoms with Crippen LogP contribution in [0.15, 0.2) is 45.8 Å². The molecule has 116 valence electrons. The third kappa shape index (κ3) is 3.38. The highest BCUT2D eigenvalue weighted by Gasteiger charge is 2.15. The van der Waals surface area contributed by atoms with Gasteiger partial charge in [-0.25, -0.2) is 4.68 Å². The molecule has 1 aromatic carbocycles. The molecule has 1 aliphatic carbocycles. The van der Waals surface area contributed by atoms with E-state index < -0.39 is 0 Å². The molecule has 0 radical (unpaired) electrons. The summed E-state index contributed by atoms with van der Waals surface area (Å²) in [6.07, 6.45) is 4.81. The van der Waals surface area contributed by atoms with E-state index in [4.69, 9.17) is 5.10 Å². The monoisotopic (exact) mass is 313 g/mol. The van der Waals surface area contributed by atoms with Gasteiger partial charge in [0.25, 0.3) is 0 Å². The van der Waals surface area contributed by atoms with Gasteiger partial charge < -0.3 is 0 Å². The highest BCUT2D eigenvalue weighted by molar-refractivity contribution is 7.07. The summed E-state index contributed by atoms with van der Waals surface area (Å²) in [5, 5.41) is 7.14. The van der Waals surface area contributed by atoms with Crippen molar-refractivity contribution in [1.29, 1.82) is 0 Å². The smallest absolute Gasteiger partial charge is 0.206 e. The summed E-state index contributed by atoms with van der Waals surface area (Å²) < 4.78 is 2.05. The molecule has 1 unspecified atom stereocenters. The van der Waals surface area contributed by atoms with Gasteiger partial charge in [0, 0.05) is 23.2 Å². The summed E-state index contributed by atoms with van der Waals surface area (Å²) >= 11 is 1.67. The highest BCUT2D eigenvalue weighted by Crippen LogP contribution is 2.24. The van der Waals surface area contributed by atoms with E-state index in [0.29, 0.717) is 0 Å². The van der Waals surface area contributed by atoms with Crippen LogP contribution in [0.5, 0.6) is 0 Å². The minimum atomic E-state index is 0.749. The lowest BCUT2D eigenvalue weighted by molar-refractivity contribution is 0.497. The summed E-state index contributed by atoms with van der Waals surface area (Å²) in [7, 11) is 0. The zero-order valence-corrected chi connectivity index (χ0v) is 14.1. The van der Waals surface area contributed by atoms with Crippen molar-refractivity contribution in [2.24, 2.45) is 16.0 Å². The number of thiazole rings is 1. The maximum Gasteiger partial charge on any atom is 0.206 e. The van der Waals surface area contributed by atoms with Gasteiger partial charge in [-0.15, -0.1) is 11.3 Å². The largest absolute Gasteiger partial charge is 0.258 e. The van der Waals surface area contributed by atoms with Crippen LogP contribution in [0.1, 0.15) is 39.5 Å². The van der Waals surface area contributed by atoms with Crippen LogP contribution in [0.25, 0.3) is 11.3 Å². The summed E-state index contributed by atoms with van der Waals surface area (Å²) in [5.41, 5.74) is 3.65. The minimum absolute atomic E-state index is 0.749. The van der Waals surface area contributed by atoms with Gasteiger partial charge in [0.1, 0.15) is 0 Å². The molecule has 3 nitrogen and oxygen atoms in total. The van der Waals surface area contributed by atoms with Gasteiger partial charge >= 0.3 is 0 Å². The number of hydrogen-bond acceptors (Lipinski definition) is 3. The maximum absolute atomic E-state index is 4.97. The Morgan fingerprint density at radius 1 is 1.27 bits per heavy atom. The van der Waals surface area contributed by atoms with Crippen LogP contribution in [-0.4, -0.2) is 16.9 Å². The lowest BCUT2D eigenvalue weighted by atomic mass is 9.89. The topological polar surface area (TPSA) is 29.6 Å². The van der Waals surface area contributed by atoms with Crippen molar-refractivity contribution in [3.05, 3.63) is 40.5 Å². The van der Waals surface area contributed by atoms with Gasteiger partial charge in [-0.2, -0.15) is 5.10 Å². The van der Waals surface area contributed by atoms with Gasteiger partial charge in [0.15, 0.2) is 0 Å². The summed E-state index contributed by atoms with van der Waals surface area (Å²) in [5.74, 6) is 0.749. The molecular formula is C18H23N3S. The molecule has 2 aromatic rings. The molecule has 0 saturated heterocycles. The molecule has 0 aliphatic heterocycles. The third-order valence-electron chi connectivity index (χ3n) is 4.04. The molecule has 1 atom stereocenters. The Bertz CT molecular complexity index is 709. The van der Waals surface area contributed by atoms with Crippen LogP contribution >= 0.6 is 11.3 Å². The van der Waals surface area contributed by atoms with E-state index in [1.807, 2.05) is 6.07 Å². The fraction of sp³-hybridized carbons (Fsp3) is 0.444. The molecule has 4 heteroatoms. The van der Waals surface area contributed by atoms with E-state index in [0.717, 1.165) is 35.8 Å². The first-order valence-corrected chi connectivity index (χ1v) is 8.99. The van der Waals surface area contributed by atoms with E-state index in [1.165, 1.54) is 24.1 Å². The molecule has 1 heterocycles. The Kier molecular flexibility index (Phi) is 4.88. The van der Waals surface area contributed by atoms with Crippen molar-refractivity contribution in [1.82, 2.24) is 4.68 Å². The Morgan fingerprint density at radius 3 is 2.82 bits per heavy atom.